The molecule has 0 radical (unpaired) electrons. The minimum Gasteiger partial charge on any atom is -0.315 e. The highest BCUT2D eigenvalue weighted by molar-refractivity contribution is 7.97. The SMILES string of the molecule is Cc1cc2c(cnn2-c2ccc(F)cc2)cc1C12CN(Sc3cnn(C)n3)CC1C2C(=O)N(C)c1ccccc1. The van der Waals surface area contributed by atoms with Crippen molar-refractivity contribution in [1.29, 1.82) is 0 Å². The van der Waals surface area contributed by atoms with Gasteiger partial charge in [-0.25, -0.2) is 13.4 Å². The van der Waals surface area contributed by atoms with Gasteiger partial charge in [0.25, 0.3) is 0 Å². The maximum absolute atomic E-state index is 14.0. The zero-order valence-electron chi connectivity index (χ0n) is 22.4. The number of halogens is 1. The Bertz CT molecular complexity index is 1730. The van der Waals surface area contributed by atoms with E-state index in [2.05, 4.69) is 38.7 Å². The number of para-hydroxylation sites is 1. The Kier molecular flexibility index (Phi) is 5.79. The molecular formula is C30H28FN7OS. The van der Waals surface area contributed by atoms with Crippen molar-refractivity contribution in [1.82, 2.24) is 29.1 Å². The number of aryl methyl sites for hydroxylation is 2. The largest absolute Gasteiger partial charge is 0.315 e. The number of rotatable bonds is 6. The molecule has 2 fully saturated rings. The maximum Gasteiger partial charge on any atom is 0.231 e. The number of benzene rings is 3. The van der Waals surface area contributed by atoms with Crippen molar-refractivity contribution in [3.8, 4) is 5.69 Å². The van der Waals surface area contributed by atoms with E-state index in [1.54, 1.807) is 40.0 Å². The molecule has 0 spiro atoms. The topological polar surface area (TPSA) is 72.1 Å². The predicted octanol–water partition coefficient (Wildman–Crippen LogP) is 4.77. The third-order valence-corrected chi connectivity index (χ3v) is 9.29. The number of aromatic nitrogens is 5. The monoisotopic (exact) mass is 553 g/mol. The Labute approximate surface area is 235 Å². The molecule has 3 unspecified atom stereocenters. The minimum absolute atomic E-state index is 0.125. The fraction of sp³-hybridized carbons (Fsp3) is 0.267. The van der Waals surface area contributed by atoms with Gasteiger partial charge in [0.05, 0.1) is 29.5 Å². The summed E-state index contributed by atoms with van der Waals surface area (Å²) in [5, 5.41) is 15.1. The average molecular weight is 554 g/mol. The number of piperidine rings is 1. The highest BCUT2D eigenvalue weighted by atomic mass is 32.2. The van der Waals surface area contributed by atoms with Crippen molar-refractivity contribution in [3.05, 3.63) is 96.1 Å². The second-order valence-corrected chi connectivity index (χ2v) is 11.8. The van der Waals surface area contributed by atoms with Gasteiger partial charge in [-0.15, -0.1) is 5.10 Å². The van der Waals surface area contributed by atoms with Gasteiger partial charge in [0.15, 0.2) is 5.03 Å². The molecule has 7 rings (SSSR count). The summed E-state index contributed by atoms with van der Waals surface area (Å²) in [5.41, 5.74) is 4.64. The van der Waals surface area contributed by atoms with Gasteiger partial charge in [-0.1, -0.05) is 18.2 Å². The normalized spacial score (nSPS) is 22.0. The molecule has 3 atom stereocenters. The van der Waals surface area contributed by atoms with Crippen LogP contribution in [0.25, 0.3) is 16.6 Å². The number of carbonyl (C=O) groups is 1. The van der Waals surface area contributed by atoms with Gasteiger partial charge in [-0.05, 0) is 84.4 Å². The average Bonchev–Trinajstić information content (AvgIpc) is 3.33. The minimum atomic E-state index is -0.314. The van der Waals surface area contributed by atoms with E-state index in [1.165, 1.54) is 17.7 Å². The number of fused-ring (bicyclic) bond motifs is 2. The van der Waals surface area contributed by atoms with Crippen LogP contribution in [0.3, 0.4) is 0 Å². The van der Waals surface area contributed by atoms with E-state index in [1.807, 2.05) is 55.3 Å². The molecule has 1 amide bonds. The van der Waals surface area contributed by atoms with E-state index in [9.17, 15) is 9.18 Å². The first-order valence-electron chi connectivity index (χ1n) is 13.2. The molecule has 0 bridgehead atoms. The highest BCUT2D eigenvalue weighted by Gasteiger charge is 2.73. The lowest BCUT2D eigenvalue weighted by Crippen LogP contribution is -2.35. The second-order valence-electron chi connectivity index (χ2n) is 10.7. The van der Waals surface area contributed by atoms with Gasteiger partial charge >= 0.3 is 0 Å². The van der Waals surface area contributed by atoms with Crippen molar-refractivity contribution >= 4 is 34.4 Å². The van der Waals surface area contributed by atoms with Crippen LogP contribution < -0.4 is 4.90 Å². The van der Waals surface area contributed by atoms with Gasteiger partial charge in [-0.2, -0.15) is 15.0 Å². The van der Waals surface area contributed by atoms with Crippen LogP contribution >= 0.6 is 11.9 Å². The number of nitrogens with zero attached hydrogens (tertiary/aromatic N) is 7. The molecule has 3 heterocycles. The molecule has 2 aromatic heterocycles. The Balaban J connectivity index is 1.27. The summed E-state index contributed by atoms with van der Waals surface area (Å²) in [6, 6.07) is 20.5. The van der Waals surface area contributed by atoms with Crippen molar-refractivity contribution in [2.45, 2.75) is 17.4 Å². The van der Waals surface area contributed by atoms with Crippen LogP contribution in [0.1, 0.15) is 11.1 Å². The van der Waals surface area contributed by atoms with Crippen molar-refractivity contribution in [3.63, 3.8) is 0 Å². The van der Waals surface area contributed by atoms with Crippen LogP contribution in [0.4, 0.5) is 10.1 Å². The summed E-state index contributed by atoms with van der Waals surface area (Å²) in [4.78, 5) is 17.3. The second kappa shape index (κ2) is 9.28. The van der Waals surface area contributed by atoms with Crippen LogP contribution in [-0.2, 0) is 17.3 Å². The third kappa shape index (κ3) is 3.93. The van der Waals surface area contributed by atoms with E-state index in [0.717, 1.165) is 46.0 Å². The molecule has 40 heavy (non-hydrogen) atoms. The standard InChI is InChI=1S/C30H28FN7OS/c1-19-13-26-20(15-33-38(26)23-11-9-21(31)10-12-23)14-24(19)30-18-37(40-27-16-32-36(3)34-27)17-25(30)28(30)29(39)35(2)22-7-5-4-6-8-22/h4-16,25,28H,17-18H2,1-3H3. The van der Waals surface area contributed by atoms with E-state index in [4.69, 9.17) is 0 Å². The number of hydrogen-bond donors (Lipinski definition) is 0. The van der Waals surface area contributed by atoms with Gasteiger partial charge in [0.1, 0.15) is 5.82 Å². The van der Waals surface area contributed by atoms with Crippen molar-refractivity contribution < 1.29 is 9.18 Å². The quantitative estimate of drug-likeness (QED) is 0.282. The summed E-state index contributed by atoms with van der Waals surface area (Å²) < 4.78 is 17.7. The summed E-state index contributed by atoms with van der Waals surface area (Å²) in [6.07, 6.45) is 3.62. The molecule has 8 nitrogen and oxygen atoms in total. The molecule has 1 aliphatic carbocycles. The summed E-state index contributed by atoms with van der Waals surface area (Å²) in [6.45, 7) is 3.63. The summed E-state index contributed by atoms with van der Waals surface area (Å²) in [5.74, 6) is -0.0842. The van der Waals surface area contributed by atoms with Gasteiger partial charge in [-0.3, -0.25) is 4.79 Å². The maximum atomic E-state index is 14.0. The van der Waals surface area contributed by atoms with Crippen molar-refractivity contribution in [2.75, 3.05) is 25.0 Å². The molecule has 3 aromatic carbocycles. The molecule has 202 valence electrons. The van der Waals surface area contributed by atoms with E-state index >= 15 is 0 Å². The van der Waals surface area contributed by atoms with E-state index in [0.29, 0.717) is 0 Å². The fourth-order valence-electron chi connectivity index (χ4n) is 6.45. The molecule has 0 N–H and O–H groups in total. The predicted molar refractivity (Wildman–Crippen MR) is 153 cm³/mol. The number of amides is 1. The number of carbonyl (C=O) groups excluding carboxylic acids is 1. The zero-order valence-corrected chi connectivity index (χ0v) is 23.2. The zero-order chi connectivity index (χ0) is 27.6. The van der Waals surface area contributed by atoms with Crippen LogP contribution in [0, 0.1) is 24.6 Å². The smallest absolute Gasteiger partial charge is 0.231 e. The van der Waals surface area contributed by atoms with Crippen LogP contribution in [0.2, 0.25) is 0 Å². The van der Waals surface area contributed by atoms with Crippen LogP contribution in [0.5, 0.6) is 0 Å². The summed E-state index contributed by atoms with van der Waals surface area (Å²) >= 11 is 1.60. The highest BCUT2D eigenvalue weighted by Crippen LogP contribution is 2.66. The first kappa shape index (κ1) is 25.0. The molecule has 1 saturated carbocycles. The van der Waals surface area contributed by atoms with Crippen LogP contribution in [-0.4, -0.2) is 55.1 Å². The number of hydrogen-bond acceptors (Lipinski definition) is 6. The third-order valence-electron chi connectivity index (χ3n) is 8.38. The first-order chi connectivity index (χ1) is 19.3. The Morgan fingerprint density at radius 2 is 1.85 bits per heavy atom. The summed E-state index contributed by atoms with van der Waals surface area (Å²) in [7, 11) is 3.68. The molecule has 2 aliphatic rings. The molecule has 1 saturated heterocycles. The lowest BCUT2D eigenvalue weighted by Gasteiger charge is -2.26. The van der Waals surface area contributed by atoms with Gasteiger partial charge in [0.2, 0.25) is 5.91 Å². The molecule has 10 heteroatoms. The van der Waals surface area contributed by atoms with Crippen molar-refractivity contribution in [2.24, 2.45) is 18.9 Å². The Morgan fingerprint density at radius 3 is 2.58 bits per heavy atom. The lowest BCUT2D eigenvalue weighted by molar-refractivity contribution is -0.120. The molecular weight excluding hydrogens is 525 g/mol. The Morgan fingerprint density at radius 1 is 1.07 bits per heavy atom. The Hall–Kier alpha value is -4.02. The first-order valence-corrected chi connectivity index (χ1v) is 14.0. The van der Waals surface area contributed by atoms with E-state index < -0.39 is 0 Å². The van der Waals surface area contributed by atoms with Crippen LogP contribution in [0.15, 0.2) is 84.1 Å². The fourth-order valence-corrected chi connectivity index (χ4v) is 7.48. The number of anilines is 1. The van der Waals surface area contributed by atoms with Gasteiger partial charge < -0.3 is 4.90 Å². The lowest BCUT2D eigenvalue weighted by atomic mass is 9.88. The van der Waals surface area contributed by atoms with E-state index in [-0.39, 0.29) is 29.0 Å². The molecule has 5 aromatic rings. The molecule has 1 aliphatic heterocycles. The van der Waals surface area contributed by atoms with Gasteiger partial charge in [0, 0.05) is 43.7 Å².